The third kappa shape index (κ3) is 6.14. The van der Waals surface area contributed by atoms with E-state index in [1.807, 2.05) is 13.8 Å². The Morgan fingerprint density at radius 3 is 2.67 bits per heavy atom. The van der Waals surface area contributed by atoms with E-state index in [1.54, 1.807) is 25.2 Å². The van der Waals surface area contributed by atoms with Crippen molar-refractivity contribution in [2.75, 3.05) is 25.6 Å². The first-order valence-electron chi connectivity index (χ1n) is 6.83. The summed E-state index contributed by atoms with van der Waals surface area (Å²) in [5.74, 6) is 0.00360. The predicted octanol–water partition coefficient (Wildman–Crippen LogP) is 2.70. The lowest BCUT2D eigenvalue weighted by atomic mass is 10.2. The molecule has 0 atom stereocenters. The number of ether oxygens (including phenoxy) is 1. The van der Waals surface area contributed by atoms with Crippen LogP contribution in [-0.4, -0.2) is 32.1 Å². The van der Waals surface area contributed by atoms with Gasteiger partial charge in [-0.05, 0) is 24.1 Å². The second-order valence-corrected chi connectivity index (χ2v) is 5.45. The van der Waals surface area contributed by atoms with Crippen LogP contribution in [0.5, 0.6) is 0 Å². The predicted molar refractivity (Wildman–Crippen MR) is 83.7 cm³/mol. The molecule has 0 aliphatic rings. The van der Waals surface area contributed by atoms with Crippen molar-refractivity contribution >= 4 is 29.1 Å². The van der Waals surface area contributed by atoms with Crippen LogP contribution in [0.4, 0.5) is 5.69 Å². The molecule has 0 saturated heterocycles. The normalized spacial score (nSPS) is 10.5. The number of hydrogen-bond donors (Lipinski definition) is 2. The van der Waals surface area contributed by atoms with E-state index in [0.717, 1.165) is 0 Å². The van der Waals surface area contributed by atoms with Gasteiger partial charge in [-0.2, -0.15) is 0 Å². The van der Waals surface area contributed by atoms with Gasteiger partial charge in [0.05, 0.1) is 23.7 Å². The lowest BCUT2D eigenvalue weighted by Gasteiger charge is -2.10. The number of anilines is 1. The van der Waals surface area contributed by atoms with Crippen LogP contribution in [0, 0.1) is 5.92 Å². The molecule has 2 amide bonds. The molecule has 6 heteroatoms. The molecule has 2 N–H and O–H groups in total. The van der Waals surface area contributed by atoms with E-state index < -0.39 is 0 Å². The zero-order chi connectivity index (χ0) is 15.8. The van der Waals surface area contributed by atoms with Gasteiger partial charge in [0.1, 0.15) is 0 Å². The number of amides is 2. The largest absolute Gasteiger partial charge is 0.381 e. The fourth-order valence-corrected chi connectivity index (χ4v) is 1.77. The first kappa shape index (κ1) is 17.5. The van der Waals surface area contributed by atoms with Crippen molar-refractivity contribution in [3.05, 3.63) is 28.8 Å². The number of carbonyl (C=O) groups excluding carboxylic acids is 2. The molecule has 0 bridgehead atoms. The number of nitrogens with one attached hydrogen (secondary N) is 2. The van der Waals surface area contributed by atoms with Crippen LogP contribution in [-0.2, 0) is 9.53 Å². The summed E-state index contributed by atoms with van der Waals surface area (Å²) < 4.78 is 5.36. The smallest absolute Gasteiger partial charge is 0.251 e. The highest BCUT2D eigenvalue weighted by molar-refractivity contribution is 6.33. The Morgan fingerprint density at radius 2 is 2.05 bits per heavy atom. The van der Waals surface area contributed by atoms with Gasteiger partial charge in [-0.15, -0.1) is 0 Å². The zero-order valence-corrected chi connectivity index (χ0v) is 13.3. The van der Waals surface area contributed by atoms with Crippen molar-refractivity contribution in [2.24, 2.45) is 5.92 Å². The van der Waals surface area contributed by atoms with E-state index in [9.17, 15) is 9.59 Å². The maximum absolute atomic E-state index is 11.8. The Hall–Kier alpha value is -1.59. The molecule has 1 rings (SSSR count). The SMILES string of the molecule is CNC(=O)c1ccc(Cl)c(NC(=O)CCOCC(C)C)c1. The van der Waals surface area contributed by atoms with E-state index in [0.29, 0.717) is 35.4 Å². The average molecular weight is 313 g/mol. The average Bonchev–Trinajstić information content (AvgIpc) is 2.45. The first-order chi connectivity index (χ1) is 9.93. The van der Waals surface area contributed by atoms with E-state index in [4.69, 9.17) is 16.3 Å². The Balaban J connectivity index is 2.57. The summed E-state index contributed by atoms with van der Waals surface area (Å²) in [6.07, 6.45) is 0.243. The third-order valence-electron chi connectivity index (χ3n) is 2.65. The van der Waals surface area contributed by atoms with Crippen LogP contribution in [0.25, 0.3) is 0 Å². The van der Waals surface area contributed by atoms with Crippen molar-refractivity contribution in [3.63, 3.8) is 0 Å². The van der Waals surface area contributed by atoms with Crippen LogP contribution < -0.4 is 10.6 Å². The fraction of sp³-hybridized carbons (Fsp3) is 0.467. The maximum atomic E-state index is 11.8. The van der Waals surface area contributed by atoms with E-state index >= 15 is 0 Å². The summed E-state index contributed by atoms with van der Waals surface area (Å²) in [6, 6.07) is 4.73. The summed E-state index contributed by atoms with van der Waals surface area (Å²) in [5, 5.41) is 5.59. The minimum Gasteiger partial charge on any atom is -0.381 e. The van der Waals surface area contributed by atoms with Crippen molar-refractivity contribution in [3.8, 4) is 0 Å². The molecule has 0 fully saturated rings. The van der Waals surface area contributed by atoms with Gasteiger partial charge in [-0.1, -0.05) is 25.4 Å². The molecule has 1 aromatic rings. The Labute approximate surface area is 130 Å². The van der Waals surface area contributed by atoms with Crippen molar-refractivity contribution in [1.82, 2.24) is 5.32 Å². The zero-order valence-electron chi connectivity index (χ0n) is 12.5. The molecule has 0 heterocycles. The second-order valence-electron chi connectivity index (χ2n) is 5.04. The lowest BCUT2D eigenvalue weighted by Crippen LogP contribution is -2.19. The minimum atomic E-state index is -0.234. The van der Waals surface area contributed by atoms with Gasteiger partial charge in [0.15, 0.2) is 0 Å². The Morgan fingerprint density at radius 1 is 1.33 bits per heavy atom. The van der Waals surface area contributed by atoms with Gasteiger partial charge in [-0.3, -0.25) is 9.59 Å². The molecular formula is C15H21ClN2O3. The van der Waals surface area contributed by atoms with E-state index in [1.165, 1.54) is 0 Å². The molecule has 116 valence electrons. The number of rotatable bonds is 7. The Kier molecular flexibility index (Phi) is 7.19. The molecule has 0 saturated carbocycles. The quantitative estimate of drug-likeness (QED) is 0.761. The third-order valence-corrected chi connectivity index (χ3v) is 2.98. The molecule has 0 radical (unpaired) electrons. The Bertz CT molecular complexity index is 504. The molecule has 0 unspecified atom stereocenters. The highest BCUT2D eigenvalue weighted by Gasteiger charge is 2.10. The van der Waals surface area contributed by atoms with Crippen molar-refractivity contribution in [1.29, 1.82) is 0 Å². The minimum absolute atomic E-state index is 0.199. The first-order valence-corrected chi connectivity index (χ1v) is 7.21. The topological polar surface area (TPSA) is 67.4 Å². The summed E-state index contributed by atoms with van der Waals surface area (Å²) in [6.45, 7) is 5.07. The van der Waals surface area contributed by atoms with Gasteiger partial charge < -0.3 is 15.4 Å². The van der Waals surface area contributed by atoms with Crippen LogP contribution >= 0.6 is 11.6 Å². The molecule has 0 aliphatic heterocycles. The monoisotopic (exact) mass is 312 g/mol. The van der Waals surface area contributed by atoms with Gasteiger partial charge >= 0.3 is 0 Å². The van der Waals surface area contributed by atoms with Gasteiger partial charge in [-0.25, -0.2) is 0 Å². The van der Waals surface area contributed by atoms with Crippen LogP contribution in [0.1, 0.15) is 30.6 Å². The van der Waals surface area contributed by atoms with Gasteiger partial charge in [0.25, 0.3) is 5.91 Å². The maximum Gasteiger partial charge on any atom is 0.251 e. The molecular weight excluding hydrogens is 292 g/mol. The van der Waals surface area contributed by atoms with Crippen LogP contribution in [0.3, 0.4) is 0 Å². The standard InChI is InChI=1S/C15H21ClN2O3/c1-10(2)9-21-7-6-14(19)18-13-8-11(15(20)17-3)4-5-12(13)16/h4-5,8,10H,6-7,9H2,1-3H3,(H,17,20)(H,18,19). The summed E-state index contributed by atoms with van der Waals surface area (Å²) in [5.41, 5.74) is 0.861. The number of benzene rings is 1. The molecule has 0 spiro atoms. The van der Waals surface area contributed by atoms with Crippen molar-refractivity contribution < 1.29 is 14.3 Å². The highest BCUT2D eigenvalue weighted by atomic mass is 35.5. The van der Waals surface area contributed by atoms with Gasteiger partial charge in [0, 0.05) is 19.2 Å². The lowest BCUT2D eigenvalue weighted by molar-refractivity contribution is -0.117. The number of hydrogen-bond acceptors (Lipinski definition) is 3. The molecule has 21 heavy (non-hydrogen) atoms. The summed E-state index contributed by atoms with van der Waals surface area (Å²) >= 11 is 6.01. The highest BCUT2D eigenvalue weighted by Crippen LogP contribution is 2.23. The van der Waals surface area contributed by atoms with Crippen molar-refractivity contribution in [2.45, 2.75) is 20.3 Å². The molecule has 0 aromatic heterocycles. The fourth-order valence-electron chi connectivity index (χ4n) is 1.60. The van der Waals surface area contributed by atoms with Gasteiger partial charge in [0.2, 0.25) is 5.91 Å². The van der Waals surface area contributed by atoms with Crippen LogP contribution in [0.15, 0.2) is 18.2 Å². The number of carbonyl (C=O) groups is 2. The second kappa shape index (κ2) is 8.64. The molecule has 0 aliphatic carbocycles. The molecule has 1 aromatic carbocycles. The number of halogens is 1. The summed E-state index contributed by atoms with van der Waals surface area (Å²) in [4.78, 5) is 23.4. The molecule has 5 nitrogen and oxygen atoms in total. The van der Waals surface area contributed by atoms with E-state index in [-0.39, 0.29) is 18.2 Å². The summed E-state index contributed by atoms with van der Waals surface area (Å²) in [7, 11) is 1.54. The van der Waals surface area contributed by atoms with Crippen LogP contribution in [0.2, 0.25) is 5.02 Å². The van der Waals surface area contributed by atoms with E-state index in [2.05, 4.69) is 10.6 Å².